The summed E-state index contributed by atoms with van der Waals surface area (Å²) in [5.74, 6) is 5.18. The Hall–Kier alpha value is -1.40. The van der Waals surface area contributed by atoms with Gasteiger partial charge in [0, 0.05) is 24.8 Å². The number of sulfonamides is 1. The molecule has 1 rings (SSSR count). The molecule has 21 heavy (non-hydrogen) atoms. The second kappa shape index (κ2) is 7.56. The van der Waals surface area contributed by atoms with Crippen molar-refractivity contribution < 1.29 is 21.9 Å². The highest BCUT2D eigenvalue weighted by atomic mass is 32.2. The summed E-state index contributed by atoms with van der Waals surface area (Å²) in [5.41, 5.74) is 0.509. The lowest BCUT2D eigenvalue weighted by atomic mass is 10.2. The van der Waals surface area contributed by atoms with Crippen LogP contribution in [-0.4, -0.2) is 47.1 Å². The molecule has 0 radical (unpaired) electrons. The average Bonchev–Trinajstić information content (AvgIpc) is 2.37. The Bertz CT molecular complexity index is 742. The molecule has 0 unspecified atom stereocenters. The van der Waals surface area contributed by atoms with Crippen LogP contribution < -0.4 is 4.72 Å². The lowest BCUT2D eigenvalue weighted by Crippen LogP contribution is -2.28. The molecule has 0 aliphatic heterocycles. The van der Waals surface area contributed by atoms with Gasteiger partial charge >= 0.3 is 0 Å². The van der Waals surface area contributed by atoms with Gasteiger partial charge in [-0.25, -0.2) is 21.6 Å². The molecule has 2 N–H and O–H groups in total. The zero-order chi connectivity index (χ0) is 15.9. The van der Waals surface area contributed by atoms with E-state index in [-0.39, 0.29) is 23.8 Å². The Labute approximate surface area is 125 Å². The molecule has 1 aromatic carbocycles. The molecule has 0 heterocycles. The number of hydrogen-bond acceptors (Lipinski definition) is 5. The molecule has 0 atom stereocenters. The fourth-order valence-electron chi connectivity index (χ4n) is 1.41. The van der Waals surface area contributed by atoms with Gasteiger partial charge in [0.1, 0.15) is 9.84 Å². The lowest BCUT2D eigenvalue weighted by molar-refractivity contribution is 0.305. The predicted octanol–water partition coefficient (Wildman–Crippen LogP) is -0.257. The van der Waals surface area contributed by atoms with E-state index >= 15 is 0 Å². The van der Waals surface area contributed by atoms with Crippen LogP contribution in [0.2, 0.25) is 0 Å². The van der Waals surface area contributed by atoms with Crippen LogP contribution in [0.3, 0.4) is 0 Å². The van der Waals surface area contributed by atoms with Crippen molar-refractivity contribution in [3.05, 3.63) is 29.8 Å². The van der Waals surface area contributed by atoms with E-state index < -0.39 is 19.9 Å². The van der Waals surface area contributed by atoms with Crippen molar-refractivity contribution in [1.29, 1.82) is 0 Å². The molecule has 0 bridgehead atoms. The first kappa shape index (κ1) is 17.7. The highest BCUT2D eigenvalue weighted by Crippen LogP contribution is 2.10. The summed E-state index contributed by atoms with van der Waals surface area (Å²) in [6, 6.07) is 6.00. The SMILES string of the molecule is CS(=O)(=O)CCNS(=O)(=O)c1cccc(C#CCCO)c1. The average molecular weight is 331 g/mol. The molecule has 0 aliphatic rings. The summed E-state index contributed by atoms with van der Waals surface area (Å²) >= 11 is 0. The third-order valence-corrected chi connectivity index (χ3v) is 4.78. The van der Waals surface area contributed by atoms with Crippen LogP contribution in [0.5, 0.6) is 0 Å². The maximum absolute atomic E-state index is 12.0. The molecule has 0 spiro atoms. The van der Waals surface area contributed by atoms with Gasteiger partial charge in [-0.15, -0.1) is 0 Å². The van der Waals surface area contributed by atoms with Gasteiger partial charge in [0.15, 0.2) is 0 Å². The number of benzene rings is 1. The molecule has 0 amide bonds. The summed E-state index contributed by atoms with van der Waals surface area (Å²) in [6.45, 7) is -0.236. The van der Waals surface area contributed by atoms with Gasteiger partial charge in [-0.3, -0.25) is 0 Å². The highest BCUT2D eigenvalue weighted by Gasteiger charge is 2.14. The summed E-state index contributed by atoms with van der Waals surface area (Å²) in [6.07, 6.45) is 1.35. The summed E-state index contributed by atoms with van der Waals surface area (Å²) in [7, 11) is -6.99. The number of aliphatic hydroxyl groups excluding tert-OH is 1. The fourth-order valence-corrected chi connectivity index (χ4v) is 3.09. The van der Waals surface area contributed by atoms with Crippen LogP contribution >= 0.6 is 0 Å². The zero-order valence-electron chi connectivity index (χ0n) is 11.5. The van der Waals surface area contributed by atoms with Crippen LogP contribution in [0.25, 0.3) is 0 Å². The molecule has 6 nitrogen and oxygen atoms in total. The van der Waals surface area contributed by atoms with Crippen LogP contribution in [0.1, 0.15) is 12.0 Å². The van der Waals surface area contributed by atoms with E-state index in [2.05, 4.69) is 16.6 Å². The van der Waals surface area contributed by atoms with Crippen LogP contribution in [0, 0.1) is 11.8 Å². The number of aliphatic hydroxyl groups is 1. The van der Waals surface area contributed by atoms with Crippen molar-refractivity contribution in [2.24, 2.45) is 0 Å². The molecular weight excluding hydrogens is 314 g/mol. The summed E-state index contributed by atoms with van der Waals surface area (Å²) < 4.78 is 48.2. The van der Waals surface area contributed by atoms with E-state index in [1.807, 2.05) is 0 Å². The number of rotatable bonds is 6. The predicted molar refractivity (Wildman–Crippen MR) is 79.9 cm³/mol. The van der Waals surface area contributed by atoms with E-state index in [9.17, 15) is 16.8 Å². The van der Waals surface area contributed by atoms with Gasteiger partial charge in [-0.2, -0.15) is 0 Å². The van der Waals surface area contributed by atoms with Gasteiger partial charge in [0.2, 0.25) is 10.0 Å². The highest BCUT2D eigenvalue weighted by molar-refractivity contribution is 7.91. The minimum atomic E-state index is -3.77. The number of sulfone groups is 1. The van der Waals surface area contributed by atoms with E-state index in [1.165, 1.54) is 12.1 Å². The Balaban J connectivity index is 2.84. The Morgan fingerprint density at radius 1 is 1.24 bits per heavy atom. The quantitative estimate of drug-likeness (QED) is 0.700. The molecule has 0 saturated carbocycles. The Morgan fingerprint density at radius 2 is 1.95 bits per heavy atom. The maximum atomic E-state index is 12.0. The van der Waals surface area contributed by atoms with Gasteiger partial charge in [-0.1, -0.05) is 17.9 Å². The second-order valence-corrected chi connectivity index (χ2v) is 8.36. The third-order valence-electron chi connectivity index (χ3n) is 2.38. The molecule has 0 aliphatic carbocycles. The van der Waals surface area contributed by atoms with Gasteiger partial charge in [0.25, 0.3) is 0 Å². The van der Waals surface area contributed by atoms with E-state index in [4.69, 9.17) is 5.11 Å². The molecule has 0 saturated heterocycles. The van der Waals surface area contributed by atoms with E-state index in [0.717, 1.165) is 6.26 Å². The Kier molecular flexibility index (Phi) is 6.36. The van der Waals surface area contributed by atoms with Crippen molar-refractivity contribution >= 4 is 19.9 Å². The first-order valence-corrected chi connectivity index (χ1v) is 9.66. The largest absolute Gasteiger partial charge is 0.395 e. The van der Waals surface area contributed by atoms with Crippen LogP contribution in [0.4, 0.5) is 0 Å². The molecule has 0 aromatic heterocycles. The zero-order valence-corrected chi connectivity index (χ0v) is 13.2. The van der Waals surface area contributed by atoms with Crippen molar-refractivity contribution in [3.8, 4) is 11.8 Å². The molecular formula is C13H17NO5S2. The molecule has 8 heteroatoms. The first-order chi connectivity index (χ1) is 9.74. The molecule has 116 valence electrons. The number of nitrogens with one attached hydrogen (secondary N) is 1. The van der Waals surface area contributed by atoms with Crippen LogP contribution in [0.15, 0.2) is 29.2 Å². The van der Waals surface area contributed by atoms with Gasteiger partial charge < -0.3 is 5.11 Å². The first-order valence-electron chi connectivity index (χ1n) is 6.12. The lowest BCUT2D eigenvalue weighted by Gasteiger charge is -2.06. The topological polar surface area (TPSA) is 101 Å². The monoisotopic (exact) mass is 331 g/mol. The van der Waals surface area contributed by atoms with Crippen LogP contribution in [-0.2, 0) is 19.9 Å². The van der Waals surface area contributed by atoms with Gasteiger partial charge in [-0.05, 0) is 18.2 Å². The second-order valence-electron chi connectivity index (χ2n) is 4.33. The maximum Gasteiger partial charge on any atom is 0.240 e. The van der Waals surface area contributed by atoms with Crippen molar-refractivity contribution in [3.63, 3.8) is 0 Å². The van der Waals surface area contributed by atoms with E-state index in [1.54, 1.807) is 12.1 Å². The standard InChI is InChI=1S/C13H17NO5S2/c1-20(16,17)10-8-14-21(18,19)13-7-4-6-12(11-13)5-2-3-9-15/h4,6-7,11,14-15H,3,8-10H2,1H3. The molecule has 0 fully saturated rings. The smallest absolute Gasteiger partial charge is 0.240 e. The fraction of sp³-hybridized carbons (Fsp3) is 0.385. The summed E-state index contributed by atoms with van der Waals surface area (Å²) in [5, 5.41) is 8.63. The van der Waals surface area contributed by atoms with Crippen molar-refractivity contribution in [2.75, 3.05) is 25.2 Å². The van der Waals surface area contributed by atoms with Crippen molar-refractivity contribution in [2.45, 2.75) is 11.3 Å². The summed E-state index contributed by atoms with van der Waals surface area (Å²) in [4.78, 5) is 0.0202. The van der Waals surface area contributed by atoms with Gasteiger partial charge in [0.05, 0.1) is 17.3 Å². The van der Waals surface area contributed by atoms with E-state index in [0.29, 0.717) is 12.0 Å². The number of hydrogen-bond donors (Lipinski definition) is 2. The minimum absolute atomic E-state index is 0.0202. The molecule has 1 aromatic rings. The minimum Gasteiger partial charge on any atom is -0.395 e. The third kappa shape index (κ3) is 6.73. The van der Waals surface area contributed by atoms with Crippen molar-refractivity contribution in [1.82, 2.24) is 4.72 Å². The Morgan fingerprint density at radius 3 is 2.57 bits per heavy atom. The normalized spacial score (nSPS) is 11.7.